The highest BCUT2D eigenvalue weighted by Crippen LogP contribution is 2.33. The van der Waals surface area contributed by atoms with E-state index in [1.54, 1.807) is 11.9 Å². The molecule has 0 N–H and O–H groups in total. The fourth-order valence-corrected chi connectivity index (χ4v) is 4.89. The van der Waals surface area contributed by atoms with Gasteiger partial charge in [0.2, 0.25) is 11.1 Å². The highest BCUT2D eigenvalue weighted by atomic mass is 32.2. The van der Waals surface area contributed by atoms with Crippen molar-refractivity contribution in [2.45, 2.75) is 56.3 Å². The summed E-state index contributed by atoms with van der Waals surface area (Å²) in [6.07, 6.45) is 4.60. The topological polar surface area (TPSA) is 87.7 Å². The van der Waals surface area contributed by atoms with Crippen LogP contribution in [0, 0.1) is 11.3 Å². The number of aryl methyl sites for hydroxylation is 1. The summed E-state index contributed by atoms with van der Waals surface area (Å²) in [5.74, 6) is 0.123. The molecule has 2 heterocycles. The molecular weight excluding hydrogens is 384 g/mol. The van der Waals surface area contributed by atoms with Crippen molar-refractivity contribution >= 4 is 39.7 Å². The van der Waals surface area contributed by atoms with Crippen molar-refractivity contribution in [3.63, 3.8) is 0 Å². The van der Waals surface area contributed by atoms with Crippen molar-refractivity contribution in [3.8, 4) is 6.07 Å². The van der Waals surface area contributed by atoms with Gasteiger partial charge in [-0.15, -0.1) is 10.2 Å². The number of carbonyl (C=O) groups is 1. The molecule has 1 amide bonds. The van der Waals surface area contributed by atoms with Crippen molar-refractivity contribution in [2.75, 3.05) is 12.8 Å². The summed E-state index contributed by atoms with van der Waals surface area (Å²) in [6, 6.07) is 10.5. The van der Waals surface area contributed by atoms with Gasteiger partial charge in [-0.3, -0.25) is 4.79 Å². The average Bonchev–Trinajstić information content (AvgIpc) is 3.10. The van der Waals surface area contributed by atoms with Crippen LogP contribution in [0.5, 0.6) is 0 Å². The van der Waals surface area contributed by atoms with Crippen LogP contribution >= 0.6 is 11.8 Å². The van der Waals surface area contributed by atoms with Crippen molar-refractivity contribution in [1.29, 1.82) is 5.26 Å². The summed E-state index contributed by atoms with van der Waals surface area (Å²) in [6.45, 7) is 2.85. The number of aromatic nitrogens is 4. The minimum absolute atomic E-state index is 0.0711. The van der Waals surface area contributed by atoms with E-state index in [1.807, 2.05) is 18.2 Å². The van der Waals surface area contributed by atoms with E-state index in [2.05, 4.69) is 38.8 Å². The lowest BCUT2D eigenvalue weighted by molar-refractivity contribution is -0.131. The molecular formula is C21H24N6OS. The van der Waals surface area contributed by atoms with Crippen LogP contribution in [-0.2, 0) is 11.3 Å². The van der Waals surface area contributed by atoms with E-state index < -0.39 is 5.54 Å². The molecule has 4 rings (SSSR count). The first-order valence-corrected chi connectivity index (χ1v) is 11.0. The Kier molecular flexibility index (Phi) is 5.41. The van der Waals surface area contributed by atoms with Crippen molar-refractivity contribution in [1.82, 2.24) is 24.6 Å². The molecule has 7 nitrogen and oxygen atoms in total. The van der Waals surface area contributed by atoms with E-state index in [4.69, 9.17) is 0 Å². The summed E-state index contributed by atoms with van der Waals surface area (Å²) >= 11 is 1.28. The summed E-state index contributed by atoms with van der Waals surface area (Å²) in [5, 5.41) is 19.8. The molecule has 0 spiro atoms. The number of hydrogen-bond acceptors (Lipinski definition) is 6. The zero-order valence-corrected chi connectivity index (χ0v) is 17.6. The highest BCUT2D eigenvalue weighted by molar-refractivity contribution is 7.99. The predicted octanol–water partition coefficient (Wildman–Crippen LogP) is 3.78. The first kappa shape index (κ1) is 19.6. The summed E-state index contributed by atoms with van der Waals surface area (Å²) in [7, 11) is 1.74. The molecule has 0 saturated heterocycles. The van der Waals surface area contributed by atoms with Gasteiger partial charge >= 0.3 is 0 Å². The monoisotopic (exact) mass is 408 g/mol. The lowest BCUT2D eigenvalue weighted by Gasteiger charge is -2.38. The van der Waals surface area contributed by atoms with Crippen molar-refractivity contribution in [3.05, 3.63) is 24.3 Å². The Bertz CT molecular complexity index is 1100. The first-order chi connectivity index (χ1) is 14.1. The third kappa shape index (κ3) is 3.44. The van der Waals surface area contributed by atoms with Crippen LogP contribution in [0.25, 0.3) is 22.1 Å². The van der Waals surface area contributed by atoms with E-state index >= 15 is 0 Å². The Morgan fingerprint density at radius 3 is 2.76 bits per heavy atom. The summed E-state index contributed by atoms with van der Waals surface area (Å²) < 4.78 is 2.12. The molecule has 0 bridgehead atoms. The number of nitriles is 1. The number of hydrogen-bond donors (Lipinski definition) is 0. The van der Waals surface area contributed by atoms with Gasteiger partial charge in [-0.2, -0.15) is 5.26 Å². The molecule has 1 aliphatic rings. The van der Waals surface area contributed by atoms with E-state index in [0.29, 0.717) is 5.16 Å². The molecule has 2 aromatic heterocycles. The van der Waals surface area contributed by atoms with Gasteiger partial charge in [-0.25, -0.2) is 4.98 Å². The van der Waals surface area contributed by atoms with Gasteiger partial charge in [-0.1, -0.05) is 49.2 Å². The third-order valence-electron chi connectivity index (χ3n) is 5.90. The quantitative estimate of drug-likeness (QED) is 0.597. The Balaban J connectivity index is 1.55. The fraction of sp³-hybridized carbons (Fsp3) is 0.476. The Labute approximate surface area is 174 Å². The second kappa shape index (κ2) is 7.99. The van der Waals surface area contributed by atoms with Crippen LogP contribution in [0.1, 0.15) is 39.0 Å². The number of para-hydroxylation sites is 1. The highest BCUT2D eigenvalue weighted by Gasteiger charge is 2.38. The number of rotatable bonds is 5. The van der Waals surface area contributed by atoms with E-state index in [0.717, 1.165) is 60.7 Å². The lowest BCUT2D eigenvalue weighted by atomic mass is 9.81. The molecule has 0 radical (unpaired) electrons. The molecule has 0 aliphatic heterocycles. The van der Waals surface area contributed by atoms with Gasteiger partial charge in [0, 0.05) is 19.0 Å². The van der Waals surface area contributed by atoms with Crippen LogP contribution < -0.4 is 0 Å². The normalized spacial score (nSPS) is 16.0. The van der Waals surface area contributed by atoms with Crippen molar-refractivity contribution in [2.24, 2.45) is 0 Å². The van der Waals surface area contributed by atoms with Gasteiger partial charge in [0.15, 0.2) is 5.65 Å². The molecule has 1 aliphatic carbocycles. The zero-order chi connectivity index (χ0) is 20.4. The minimum Gasteiger partial charge on any atom is -0.326 e. The second-order valence-corrected chi connectivity index (χ2v) is 8.42. The first-order valence-electron chi connectivity index (χ1n) is 10.0. The lowest BCUT2D eigenvalue weighted by Crippen LogP contribution is -2.50. The van der Waals surface area contributed by atoms with E-state index in [-0.39, 0.29) is 11.7 Å². The number of thioether (sulfide) groups is 1. The van der Waals surface area contributed by atoms with E-state index in [1.165, 1.54) is 11.8 Å². The molecule has 1 saturated carbocycles. The van der Waals surface area contributed by atoms with Crippen LogP contribution in [0.15, 0.2) is 29.4 Å². The minimum atomic E-state index is -0.673. The number of fused-ring (bicyclic) bond motifs is 3. The standard InChI is InChI=1S/C21H24N6OS/c1-3-27-16-10-6-5-9-15(16)18-19(27)23-20(25-24-18)29-13-17(28)26(2)21(14-22)11-7-4-8-12-21/h5-6,9-10H,3-4,7-8,11-13H2,1-2H3. The zero-order valence-electron chi connectivity index (χ0n) is 16.8. The Hall–Kier alpha value is -2.66. The maximum Gasteiger partial charge on any atom is 0.234 e. The molecule has 1 aromatic carbocycles. The predicted molar refractivity (Wildman–Crippen MR) is 113 cm³/mol. The maximum atomic E-state index is 12.8. The molecule has 150 valence electrons. The molecule has 0 unspecified atom stereocenters. The van der Waals surface area contributed by atoms with Crippen LogP contribution in [0.4, 0.5) is 0 Å². The summed E-state index contributed by atoms with van der Waals surface area (Å²) in [5.41, 5.74) is 1.97. The molecule has 29 heavy (non-hydrogen) atoms. The van der Waals surface area contributed by atoms with Gasteiger partial charge in [0.25, 0.3) is 0 Å². The van der Waals surface area contributed by atoms with Gasteiger partial charge in [-0.05, 0) is 25.8 Å². The van der Waals surface area contributed by atoms with E-state index in [9.17, 15) is 10.1 Å². The average molecular weight is 409 g/mol. The smallest absolute Gasteiger partial charge is 0.234 e. The van der Waals surface area contributed by atoms with Crippen molar-refractivity contribution < 1.29 is 4.79 Å². The number of benzene rings is 1. The van der Waals surface area contributed by atoms with Gasteiger partial charge in [0.05, 0.1) is 17.3 Å². The van der Waals surface area contributed by atoms with Crippen LogP contribution in [0.2, 0.25) is 0 Å². The Morgan fingerprint density at radius 2 is 2.03 bits per heavy atom. The Morgan fingerprint density at radius 1 is 1.28 bits per heavy atom. The number of nitrogens with zero attached hydrogens (tertiary/aromatic N) is 6. The molecule has 3 aromatic rings. The molecule has 1 fully saturated rings. The number of amides is 1. The van der Waals surface area contributed by atoms with Crippen LogP contribution in [-0.4, -0.2) is 48.9 Å². The molecule has 0 atom stereocenters. The van der Waals surface area contributed by atoms with Gasteiger partial charge in [0.1, 0.15) is 11.1 Å². The summed E-state index contributed by atoms with van der Waals surface area (Å²) in [4.78, 5) is 19.1. The third-order valence-corrected chi connectivity index (χ3v) is 6.72. The molecule has 8 heteroatoms. The second-order valence-electron chi connectivity index (χ2n) is 7.47. The van der Waals surface area contributed by atoms with Crippen LogP contribution in [0.3, 0.4) is 0 Å². The maximum absolute atomic E-state index is 12.8. The SMILES string of the molecule is CCn1c2ccccc2c2nnc(SCC(=O)N(C)C3(C#N)CCCCC3)nc21. The largest absolute Gasteiger partial charge is 0.326 e. The number of carbonyl (C=O) groups excluding carboxylic acids is 1. The van der Waals surface area contributed by atoms with Gasteiger partial charge < -0.3 is 9.47 Å². The fourth-order valence-electron chi connectivity index (χ4n) is 4.19.